The monoisotopic (exact) mass is 306 g/mol. The van der Waals surface area contributed by atoms with Gasteiger partial charge in [0, 0.05) is 30.9 Å². The molecule has 0 unspecified atom stereocenters. The van der Waals surface area contributed by atoms with Gasteiger partial charge in [-0.25, -0.2) is 4.39 Å². The second kappa shape index (κ2) is 6.24. The SMILES string of the molecule is CC[C@@H](F)CN1Cc2cc(C)c(N3CCOCC3)cc2C1=O. The number of rotatable bonds is 4. The van der Waals surface area contributed by atoms with Crippen molar-refractivity contribution in [2.24, 2.45) is 0 Å². The lowest BCUT2D eigenvalue weighted by molar-refractivity contribution is 0.0730. The molecule has 0 saturated carbocycles. The van der Waals surface area contributed by atoms with Gasteiger partial charge in [-0.05, 0) is 30.5 Å². The van der Waals surface area contributed by atoms with E-state index < -0.39 is 6.17 Å². The van der Waals surface area contributed by atoms with E-state index in [1.165, 1.54) is 5.56 Å². The van der Waals surface area contributed by atoms with Crippen molar-refractivity contribution in [1.82, 2.24) is 4.90 Å². The second-order valence-electron chi connectivity index (χ2n) is 6.09. The Hall–Kier alpha value is -1.62. The van der Waals surface area contributed by atoms with Crippen molar-refractivity contribution >= 4 is 11.6 Å². The van der Waals surface area contributed by atoms with Gasteiger partial charge in [0.25, 0.3) is 5.91 Å². The van der Waals surface area contributed by atoms with E-state index in [9.17, 15) is 9.18 Å². The van der Waals surface area contributed by atoms with E-state index in [2.05, 4.69) is 17.9 Å². The van der Waals surface area contributed by atoms with Crippen LogP contribution < -0.4 is 4.90 Å². The molecular formula is C17H23FN2O2. The van der Waals surface area contributed by atoms with Crippen molar-refractivity contribution in [2.45, 2.75) is 33.0 Å². The standard InChI is InChI=1S/C17H23FN2O2/c1-3-14(18)11-20-10-13-8-12(2)16(9-15(13)17(20)21)19-4-6-22-7-5-19/h8-9,14H,3-7,10-11H2,1-2H3/t14-/m1/s1. The van der Waals surface area contributed by atoms with Gasteiger partial charge in [-0.1, -0.05) is 13.0 Å². The predicted octanol–water partition coefficient (Wildman–Crippen LogP) is 2.54. The zero-order chi connectivity index (χ0) is 15.7. The molecular weight excluding hydrogens is 283 g/mol. The van der Waals surface area contributed by atoms with Crippen molar-refractivity contribution in [1.29, 1.82) is 0 Å². The van der Waals surface area contributed by atoms with E-state index in [1.807, 2.05) is 6.07 Å². The number of halogens is 1. The van der Waals surface area contributed by atoms with E-state index in [0.29, 0.717) is 13.0 Å². The average molecular weight is 306 g/mol. The number of ether oxygens (including phenoxy) is 1. The van der Waals surface area contributed by atoms with Crippen molar-refractivity contribution < 1.29 is 13.9 Å². The van der Waals surface area contributed by atoms with Gasteiger partial charge in [0.1, 0.15) is 6.17 Å². The fourth-order valence-electron chi connectivity index (χ4n) is 3.19. The molecule has 120 valence electrons. The van der Waals surface area contributed by atoms with Crippen molar-refractivity contribution in [3.8, 4) is 0 Å². The highest BCUT2D eigenvalue weighted by Gasteiger charge is 2.30. The number of alkyl halides is 1. The molecule has 1 atom stereocenters. The highest BCUT2D eigenvalue weighted by molar-refractivity contribution is 5.99. The number of fused-ring (bicyclic) bond motifs is 1. The largest absolute Gasteiger partial charge is 0.378 e. The summed E-state index contributed by atoms with van der Waals surface area (Å²) in [5.41, 5.74) is 4.02. The number of anilines is 1. The zero-order valence-electron chi connectivity index (χ0n) is 13.3. The third-order valence-electron chi connectivity index (χ3n) is 4.51. The molecule has 1 amide bonds. The van der Waals surface area contributed by atoms with Crippen LogP contribution in [0.1, 0.15) is 34.8 Å². The molecule has 0 aliphatic carbocycles. The third-order valence-corrected chi connectivity index (χ3v) is 4.51. The van der Waals surface area contributed by atoms with E-state index in [-0.39, 0.29) is 12.5 Å². The summed E-state index contributed by atoms with van der Waals surface area (Å²) in [6.45, 7) is 7.73. The van der Waals surface area contributed by atoms with Gasteiger partial charge in [-0.15, -0.1) is 0 Å². The van der Waals surface area contributed by atoms with Crippen LogP contribution in [0, 0.1) is 6.92 Å². The Bertz CT molecular complexity index is 570. The van der Waals surface area contributed by atoms with Crippen LogP contribution in [0.3, 0.4) is 0 Å². The van der Waals surface area contributed by atoms with Crippen LogP contribution in [0.2, 0.25) is 0 Å². The lowest BCUT2D eigenvalue weighted by Crippen LogP contribution is -2.36. The van der Waals surface area contributed by atoms with Gasteiger partial charge in [-0.2, -0.15) is 0 Å². The average Bonchev–Trinajstić information content (AvgIpc) is 2.82. The maximum absolute atomic E-state index is 13.6. The Balaban J connectivity index is 1.84. The lowest BCUT2D eigenvalue weighted by atomic mass is 10.0. The second-order valence-corrected chi connectivity index (χ2v) is 6.09. The summed E-state index contributed by atoms with van der Waals surface area (Å²) in [6, 6.07) is 4.06. The van der Waals surface area contributed by atoms with E-state index in [1.54, 1.807) is 11.8 Å². The topological polar surface area (TPSA) is 32.8 Å². The van der Waals surface area contributed by atoms with Crippen LogP contribution in [0.25, 0.3) is 0 Å². The molecule has 1 aromatic rings. The first-order valence-corrected chi connectivity index (χ1v) is 7.99. The van der Waals surface area contributed by atoms with E-state index in [4.69, 9.17) is 4.74 Å². The van der Waals surface area contributed by atoms with Gasteiger partial charge in [0.05, 0.1) is 19.8 Å². The summed E-state index contributed by atoms with van der Waals surface area (Å²) in [7, 11) is 0. The van der Waals surface area contributed by atoms with Crippen molar-refractivity contribution in [3.63, 3.8) is 0 Å². The number of carbonyl (C=O) groups is 1. The molecule has 2 aliphatic heterocycles. The summed E-state index contributed by atoms with van der Waals surface area (Å²) in [6.07, 6.45) is -0.504. The molecule has 1 saturated heterocycles. The quantitative estimate of drug-likeness (QED) is 0.857. The maximum Gasteiger partial charge on any atom is 0.254 e. The van der Waals surface area contributed by atoms with Crippen LogP contribution in [-0.2, 0) is 11.3 Å². The molecule has 4 nitrogen and oxygen atoms in total. The molecule has 0 N–H and O–H groups in total. The molecule has 1 aromatic carbocycles. The van der Waals surface area contributed by atoms with Crippen LogP contribution >= 0.6 is 0 Å². The Kier molecular flexibility index (Phi) is 4.34. The maximum atomic E-state index is 13.6. The predicted molar refractivity (Wildman–Crippen MR) is 84.1 cm³/mol. The highest BCUT2D eigenvalue weighted by atomic mass is 19.1. The van der Waals surface area contributed by atoms with Crippen LogP contribution in [-0.4, -0.2) is 49.8 Å². The van der Waals surface area contributed by atoms with Gasteiger partial charge in [0.2, 0.25) is 0 Å². The molecule has 0 bridgehead atoms. The van der Waals surface area contributed by atoms with Gasteiger partial charge < -0.3 is 14.5 Å². The Morgan fingerprint density at radius 3 is 2.73 bits per heavy atom. The molecule has 22 heavy (non-hydrogen) atoms. The summed E-state index contributed by atoms with van der Waals surface area (Å²) in [4.78, 5) is 16.4. The van der Waals surface area contributed by atoms with E-state index >= 15 is 0 Å². The smallest absolute Gasteiger partial charge is 0.254 e. The molecule has 0 radical (unpaired) electrons. The molecule has 3 rings (SSSR count). The van der Waals surface area contributed by atoms with Gasteiger partial charge in [-0.3, -0.25) is 4.79 Å². The van der Waals surface area contributed by atoms with Crippen molar-refractivity contribution in [3.05, 3.63) is 28.8 Å². The van der Waals surface area contributed by atoms with Gasteiger partial charge in [0.15, 0.2) is 0 Å². The number of carbonyl (C=O) groups excluding carboxylic acids is 1. The first-order chi connectivity index (χ1) is 10.6. The van der Waals surface area contributed by atoms with Crippen LogP contribution in [0.5, 0.6) is 0 Å². The third kappa shape index (κ3) is 2.82. The minimum absolute atomic E-state index is 0.0411. The Labute approximate surface area is 130 Å². The summed E-state index contributed by atoms with van der Waals surface area (Å²) < 4.78 is 19.0. The zero-order valence-corrected chi connectivity index (χ0v) is 13.3. The molecule has 0 spiro atoms. The normalized spacial score (nSPS) is 19.5. The lowest BCUT2D eigenvalue weighted by Gasteiger charge is -2.30. The number of nitrogens with zero attached hydrogens (tertiary/aromatic N) is 2. The summed E-state index contributed by atoms with van der Waals surface area (Å²) in [5.74, 6) is -0.0411. The number of amides is 1. The fourth-order valence-corrected chi connectivity index (χ4v) is 3.19. The minimum atomic E-state index is -0.946. The molecule has 0 aromatic heterocycles. The Morgan fingerprint density at radius 1 is 1.32 bits per heavy atom. The van der Waals surface area contributed by atoms with Crippen LogP contribution in [0.15, 0.2) is 12.1 Å². The molecule has 2 heterocycles. The molecule has 1 fully saturated rings. The first-order valence-electron chi connectivity index (χ1n) is 7.99. The number of hydrogen-bond donors (Lipinski definition) is 0. The number of aryl methyl sites for hydroxylation is 1. The summed E-state index contributed by atoms with van der Waals surface area (Å²) >= 11 is 0. The molecule has 5 heteroatoms. The first kappa shape index (κ1) is 15.3. The van der Waals surface area contributed by atoms with Crippen molar-refractivity contribution in [2.75, 3.05) is 37.7 Å². The summed E-state index contributed by atoms with van der Waals surface area (Å²) in [5, 5.41) is 0. The Morgan fingerprint density at radius 2 is 2.05 bits per heavy atom. The number of hydrogen-bond acceptors (Lipinski definition) is 3. The minimum Gasteiger partial charge on any atom is -0.378 e. The highest BCUT2D eigenvalue weighted by Crippen LogP contribution is 2.31. The number of benzene rings is 1. The fraction of sp³-hybridized carbons (Fsp3) is 0.588. The van der Waals surface area contributed by atoms with E-state index in [0.717, 1.165) is 43.1 Å². The molecule has 2 aliphatic rings. The number of morpholine rings is 1. The van der Waals surface area contributed by atoms with Crippen LogP contribution in [0.4, 0.5) is 10.1 Å². The van der Waals surface area contributed by atoms with Gasteiger partial charge >= 0.3 is 0 Å².